The van der Waals surface area contributed by atoms with Crippen molar-refractivity contribution in [2.75, 3.05) is 12.4 Å². The molecule has 0 saturated heterocycles. The van der Waals surface area contributed by atoms with E-state index >= 15 is 0 Å². The summed E-state index contributed by atoms with van der Waals surface area (Å²) in [7, 11) is 1.66. The largest absolute Gasteiger partial charge is 0.496 e. The number of aliphatic hydroxyl groups excluding tert-OH is 1. The van der Waals surface area contributed by atoms with Gasteiger partial charge in [-0.3, -0.25) is 14.6 Å². The number of aliphatic imine (C=N–C) groups is 1. The summed E-state index contributed by atoms with van der Waals surface area (Å²) >= 11 is 0. The van der Waals surface area contributed by atoms with Crippen LogP contribution >= 0.6 is 0 Å². The normalized spacial score (nSPS) is 17.6. The number of benzene rings is 2. The first kappa shape index (κ1) is 39.5. The molecule has 0 fully saturated rings. The van der Waals surface area contributed by atoms with Gasteiger partial charge in [0.05, 0.1) is 36.4 Å². The fourth-order valence-corrected chi connectivity index (χ4v) is 6.47. The number of methoxy groups -OCH3 is 1. The second-order valence-electron chi connectivity index (χ2n) is 13.1. The van der Waals surface area contributed by atoms with Gasteiger partial charge >= 0.3 is 0 Å². The summed E-state index contributed by atoms with van der Waals surface area (Å²) in [4.78, 5) is 30.6. The van der Waals surface area contributed by atoms with Gasteiger partial charge in [0.1, 0.15) is 5.75 Å². The molecule has 4 rings (SSSR count). The fraction of sp³-hybridized carbons (Fsp3) is 0.326. The van der Waals surface area contributed by atoms with Gasteiger partial charge in [-0.15, -0.1) is 6.58 Å². The van der Waals surface area contributed by atoms with Gasteiger partial charge in [-0.2, -0.15) is 0 Å². The van der Waals surface area contributed by atoms with Crippen molar-refractivity contribution in [2.45, 2.75) is 83.8 Å². The number of ketones is 2. The van der Waals surface area contributed by atoms with E-state index in [0.717, 1.165) is 62.7 Å². The number of nitrogens with two attached hydrogens (primary N) is 1. The molecule has 2 aliphatic rings. The molecular weight excluding hydrogens is 651 g/mol. The Hall–Kier alpha value is -5.25. The Morgan fingerprint density at radius 2 is 1.94 bits per heavy atom. The SMILES string of the molecule is C=CCC[C@H](N)C(=O)C(=N)CCC(O)CC(=N)CC(=O)c1ccc(N/C2=C\C/C=C\C=C3\CC(c4ccc(OC)c(C=C)c4C)=CN=C32)cc1CC. The summed E-state index contributed by atoms with van der Waals surface area (Å²) in [5.41, 5.74) is 15.2. The highest BCUT2D eigenvalue weighted by Gasteiger charge is 2.23. The van der Waals surface area contributed by atoms with Gasteiger partial charge in [0, 0.05) is 48.0 Å². The molecule has 2 atom stereocenters. The van der Waals surface area contributed by atoms with Crippen molar-refractivity contribution in [2.24, 2.45) is 10.7 Å². The van der Waals surface area contributed by atoms with Crippen LogP contribution in [0, 0.1) is 17.7 Å². The first-order valence-electron chi connectivity index (χ1n) is 17.8. The average molecular weight is 702 g/mol. The number of ether oxygens (including phenoxy) is 1. The number of aliphatic hydroxyl groups is 1. The quantitative estimate of drug-likeness (QED) is 0.0563. The van der Waals surface area contributed by atoms with Crippen LogP contribution in [-0.2, 0) is 11.2 Å². The maximum atomic E-state index is 13.3. The summed E-state index contributed by atoms with van der Waals surface area (Å²) in [5, 5.41) is 30.5. The third-order valence-corrected chi connectivity index (χ3v) is 9.39. The number of nitrogens with one attached hydrogen (secondary N) is 3. The van der Waals surface area contributed by atoms with Crippen LogP contribution in [-0.4, -0.2) is 53.1 Å². The van der Waals surface area contributed by atoms with E-state index in [0.29, 0.717) is 31.2 Å². The van der Waals surface area contributed by atoms with Crippen molar-refractivity contribution in [3.8, 4) is 5.75 Å². The number of rotatable bonds is 19. The summed E-state index contributed by atoms with van der Waals surface area (Å²) in [5.74, 6) is 0.153. The molecule has 2 aromatic rings. The third-order valence-electron chi connectivity index (χ3n) is 9.39. The minimum absolute atomic E-state index is 0.0129. The smallest absolute Gasteiger partial charge is 0.192 e. The maximum Gasteiger partial charge on any atom is 0.192 e. The molecule has 6 N–H and O–H groups in total. The molecule has 1 aliphatic heterocycles. The van der Waals surface area contributed by atoms with E-state index < -0.39 is 17.9 Å². The average Bonchev–Trinajstić information content (AvgIpc) is 3.13. The second kappa shape index (κ2) is 18.8. The van der Waals surface area contributed by atoms with E-state index in [2.05, 4.69) is 55.8 Å². The molecule has 1 aliphatic carbocycles. The van der Waals surface area contributed by atoms with Gasteiger partial charge in [-0.25, -0.2) is 0 Å². The fourth-order valence-electron chi connectivity index (χ4n) is 6.47. The van der Waals surface area contributed by atoms with E-state index in [1.807, 2.05) is 37.4 Å². The molecule has 0 saturated carbocycles. The predicted molar refractivity (Wildman–Crippen MR) is 214 cm³/mol. The number of carbonyl (C=O) groups is 2. The van der Waals surface area contributed by atoms with E-state index in [9.17, 15) is 14.7 Å². The first-order chi connectivity index (χ1) is 25.0. The van der Waals surface area contributed by atoms with Gasteiger partial charge in [-0.1, -0.05) is 56.0 Å². The first-order valence-corrected chi connectivity index (χ1v) is 17.8. The van der Waals surface area contributed by atoms with Crippen LogP contribution in [0.5, 0.6) is 5.75 Å². The van der Waals surface area contributed by atoms with E-state index in [-0.39, 0.29) is 42.9 Å². The van der Waals surface area contributed by atoms with Crippen LogP contribution in [0.2, 0.25) is 0 Å². The standard InChI is InChI=1S/C43H51N5O4/c1-6-9-14-37(45)43(51)38(46)20-17-33(49)24-31(44)25-40(50)36-18-16-32(23-28(36)7-2)48-39-15-12-10-11-13-29-22-30(26-47-42(29)39)35-19-21-41(52-5)34(8-3)27(35)4/h6,8,10-11,13,15-16,18-19,21,23,26,33,37,44,46,48-49H,1,3,7,9,12,14,17,20,22,24-25,45H2,2,4-5H3/b11-10-,29-13-,39-15-,44-31?,46-38?/t33?,37-/m0/s1. The highest BCUT2D eigenvalue weighted by Crippen LogP contribution is 2.36. The molecular formula is C43H51N5O4. The van der Waals surface area contributed by atoms with Gasteiger partial charge in [-0.05, 0) is 97.6 Å². The van der Waals surface area contributed by atoms with Crippen molar-refractivity contribution >= 4 is 46.0 Å². The van der Waals surface area contributed by atoms with Crippen molar-refractivity contribution in [3.63, 3.8) is 0 Å². The van der Waals surface area contributed by atoms with Gasteiger partial charge in [0.2, 0.25) is 0 Å². The molecule has 1 unspecified atom stereocenters. The maximum absolute atomic E-state index is 13.3. The molecule has 9 nitrogen and oxygen atoms in total. The van der Waals surface area contributed by atoms with Crippen LogP contribution in [0.4, 0.5) is 5.69 Å². The van der Waals surface area contributed by atoms with Gasteiger partial charge < -0.3 is 31.7 Å². The van der Waals surface area contributed by atoms with Crippen molar-refractivity contribution in [1.29, 1.82) is 10.8 Å². The molecule has 0 spiro atoms. The molecule has 9 heteroatoms. The van der Waals surface area contributed by atoms with Crippen LogP contribution in [0.25, 0.3) is 11.6 Å². The van der Waals surface area contributed by atoms with E-state index in [1.54, 1.807) is 19.3 Å². The number of Topliss-reactive ketones (excluding diaryl/α,β-unsaturated/α-hetero) is 2. The van der Waals surface area contributed by atoms with Crippen LogP contribution in [0.15, 0.2) is 96.3 Å². The summed E-state index contributed by atoms with van der Waals surface area (Å²) in [6.45, 7) is 11.7. The molecule has 0 radical (unpaired) electrons. The van der Waals surface area contributed by atoms with Crippen molar-refractivity contribution in [3.05, 3.63) is 119 Å². The van der Waals surface area contributed by atoms with Crippen molar-refractivity contribution in [1.82, 2.24) is 0 Å². The topological polar surface area (TPSA) is 162 Å². The number of hydrogen-bond donors (Lipinski definition) is 5. The Bertz CT molecular complexity index is 1890. The zero-order chi connectivity index (χ0) is 37.8. The van der Waals surface area contributed by atoms with Gasteiger partial charge in [0.25, 0.3) is 0 Å². The van der Waals surface area contributed by atoms with Crippen LogP contribution in [0.1, 0.15) is 90.9 Å². The molecule has 0 bridgehead atoms. The lowest BCUT2D eigenvalue weighted by atomic mass is 9.88. The molecule has 0 amide bonds. The number of allylic oxidation sites excluding steroid dienone is 7. The lowest BCUT2D eigenvalue weighted by molar-refractivity contribution is -0.114. The molecule has 2 aromatic carbocycles. The molecule has 52 heavy (non-hydrogen) atoms. The number of anilines is 1. The molecule has 0 aromatic heterocycles. The highest BCUT2D eigenvalue weighted by atomic mass is 16.5. The molecule has 272 valence electrons. The lowest BCUT2D eigenvalue weighted by Gasteiger charge is -2.23. The van der Waals surface area contributed by atoms with E-state index in [1.165, 1.54) is 0 Å². The van der Waals surface area contributed by atoms with Crippen LogP contribution in [0.3, 0.4) is 0 Å². The molecule has 1 heterocycles. The van der Waals surface area contributed by atoms with Crippen molar-refractivity contribution < 1.29 is 19.4 Å². The zero-order valence-electron chi connectivity index (χ0n) is 30.6. The van der Waals surface area contributed by atoms with E-state index in [4.69, 9.17) is 26.3 Å². The second-order valence-corrected chi connectivity index (χ2v) is 13.1. The summed E-state index contributed by atoms with van der Waals surface area (Å²) < 4.78 is 5.54. The Labute approximate surface area is 307 Å². The number of hydrogen-bond acceptors (Lipinski definition) is 9. The number of aryl methyl sites for hydroxylation is 1. The Kier molecular flexibility index (Phi) is 14.3. The Morgan fingerprint density at radius 1 is 1.15 bits per heavy atom. The minimum Gasteiger partial charge on any atom is -0.496 e. The third kappa shape index (κ3) is 9.96. The number of carbonyl (C=O) groups excluding carboxylic acids is 2. The predicted octanol–water partition coefficient (Wildman–Crippen LogP) is 8.28. The monoisotopic (exact) mass is 701 g/mol. The zero-order valence-corrected chi connectivity index (χ0v) is 30.6. The Morgan fingerprint density at radius 3 is 2.65 bits per heavy atom. The Balaban J connectivity index is 1.43. The summed E-state index contributed by atoms with van der Waals surface area (Å²) in [6.07, 6.45) is 16.0. The van der Waals surface area contributed by atoms with Crippen LogP contribution < -0.4 is 15.8 Å². The number of nitrogens with zero attached hydrogens (tertiary/aromatic N) is 1. The summed E-state index contributed by atoms with van der Waals surface area (Å²) in [6, 6.07) is 8.90. The number of fused-ring (bicyclic) bond motifs is 1. The lowest BCUT2D eigenvalue weighted by Crippen LogP contribution is -2.35. The minimum atomic E-state index is -0.945. The van der Waals surface area contributed by atoms with Gasteiger partial charge in [0.15, 0.2) is 11.6 Å². The highest BCUT2D eigenvalue weighted by molar-refractivity contribution is 6.40.